The van der Waals surface area contributed by atoms with Crippen molar-refractivity contribution in [2.24, 2.45) is 0 Å². The summed E-state index contributed by atoms with van der Waals surface area (Å²) in [5, 5.41) is 3.43. The van der Waals surface area contributed by atoms with Gasteiger partial charge < -0.3 is 15.0 Å². The van der Waals surface area contributed by atoms with Crippen LogP contribution in [0, 0.1) is 0 Å². The van der Waals surface area contributed by atoms with Gasteiger partial charge in [0.05, 0.1) is 11.2 Å². The van der Waals surface area contributed by atoms with Crippen molar-refractivity contribution in [1.82, 2.24) is 5.32 Å². The number of anilines is 1. The van der Waals surface area contributed by atoms with Crippen LogP contribution in [0.1, 0.15) is 52.6 Å². The molecule has 2 rings (SSSR count). The van der Waals surface area contributed by atoms with E-state index in [1.807, 2.05) is 7.05 Å². The number of morpholine rings is 1. The first-order chi connectivity index (χ1) is 9.78. The van der Waals surface area contributed by atoms with E-state index in [2.05, 4.69) is 69.1 Å². The zero-order chi connectivity index (χ0) is 15.7. The fourth-order valence-electron chi connectivity index (χ4n) is 3.61. The number of hydrogen-bond donors (Lipinski definition) is 1. The van der Waals surface area contributed by atoms with Crippen LogP contribution < -0.4 is 10.2 Å². The van der Waals surface area contributed by atoms with E-state index in [1.54, 1.807) is 0 Å². The SMILES string of the molecule is CCC(NC)c1ccccc1N1CC(C)(C)OC(C)(C)C1. The van der Waals surface area contributed by atoms with Crippen LogP contribution in [0.4, 0.5) is 5.69 Å². The van der Waals surface area contributed by atoms with Gasteiger partial charge in [0, 0.05) is 24.8 Å². The summed E-state index contributed by atoms with van der Waals surface area (Å²) in [5.74, 6) is 0. The maximum atomic E-state index is 6.21. The highest BCUT2D eigenvalue weighted by Crippen LogP contribution is 2.35. The summed E-state index contributed by atoms with van der Waals surface area (Å²) in [7, 11) is 2.04. The van der Waals surface area contributed by atoms with Crippen LogP contribution in [0.15, 0.2) is 24.3 Å². The summed E-state index contributed by atoms with van der Waals surface area (Å²) in [6.07, 6.45) is 1.09. The Balaban J connectivity index is 2.37. The highest BCUT2D eigenvalue weighted by atomic mass is 16.5. The number of hydrogen-bond acceptors (Lipinski definition) is 3. The molecule has 1 unspecified atom stereocenters. The minimum Gasteiger partial charge on any atom is -0.366 e. The van der Waals surface area contributed by atoms with Crippen LogP contribution in [0.5, 0.6) is 0 Å². The molecule has 0 aliphatic carbocycles. The molecule has 0 saturated carbocycles. The lowest BCUT2D eigenvalue weighted by Crippen LogP contribution is -2.57. The standard InChI is InChI=1S/C18H30N2O/c1-7-15(19-6)14-10-8-9-11-16(14)20-12-17(2,3)21-18(4,5)13-20/h8-11,15,19H,7,12-13H2,1-6H3. The first-order valence-electron chi connectivity index (χ1n) is 7.99. The van der Waals surface area contributed by atoms with E-state index in [-0.39, 0.29) is 11.2 Å². The molecule has 1 aliphatic heterocycles. The van der Waals surface area contributed by atoms with Crippen molar-refractivity contribution in [1.29, 1.82) is 0 Å². The van der Waals surface area contributed by atoms with Crippen molar-refractivity contribution in [3.63, 3.8) is 0 Å². The average Bonchev–Trinajstić information content (AvgIpc) is 2.37. The van der Waals surface area contributed by atoms with E-state index < -0.39 is 0 Å². The summed E-state index contributed by atoms with van der Waals surface area (Å²) >= 11 is 0. The Morgan fingerprint density at radius 3 is 2.24 bits per heavy atom. The molecule has 1 heterocycles. The zero-order valence-electron chi connectivity index (χ0n) is 14.4. The number of rotatable bonds is 4. The maximum absolute atomic E-state index is 6.21. The number of benzene rings is 1. The molecule has 0 radical (unpaired) electrons. The molecule has 3 heteroatoms. The molecular weight excluding hydrogens is 260 g/mol. The van der Waals surface area contributed by atoms with Crippen LogP contribution in [0.2, 0.25) is 0 Å². The van der Waals surface area contributed by atoms with Crippen LogP contribution in [0.25, 0.3) is 0 Å². The normalized spacial score (nSPS) is 22.1. The van der Waals surface area contributed by atoms with Gasteiger partial charge in [0.2, 0.25) is 0 Å². The summed E-state index contributed by atoms with van der Waals surface area (Å²) in [5.41, 5.74) is 2.46. The molecule has 1 atom stereocenters. The molecule has 0 bridgehead atoms. The Morgan fingerprint density at radius 2 is 1.71 bits per heavy atom. The van der Waals surface area contributed by atoms with E-state index in [4.69, 9.17) is 4.74 Å². The van der Waals surface area contributed by atoms with Gasteiger partial charge in [-0.25, -0.2) is 0 Å². The van der Waals surface area contributed by atoms with Crippen LogP contribution in [0.3, 0.4) is 0 Å². The highest BCUT2D eigenvalue weighted by Gasteiger charge is 2.38. The Labute approximate surface area is 129 Å². The molecular formula is C18H30N2O. The Bertz CT molecular complexity index is 462. The average molecular weight is 290 g/mol. The molecule has 0 aromatic heterocycles. The van der Waals surface area contributed by atoms with E-state index in [1.165, 1.54) is 11.3 Å². The molecule has 1 fully saturated rings. The van der Waals surface area contributed by atoms with Crippen LogP contribution in [-0.4, -0.2) is 31.3 Å². The Morgan fingerprint density at radius 1 is 1.14 bits per heavy atom. The third kappa shape index (κ3) is 3.78. The van der Waals surface area contributed by atoms with Gasteiger partial charge in [-0.15, -0.1) is 0 Å². The van der Waals surface area contributed by atoms with Crippen LogP contribution >= 0.6 is 0 Å². The second-order valence-electron chi connectivity index (χ2n) is 7.29. The van der Waals surface area contributed by atoms with Gasteiger partial charge in [0.15, 0.2) is 0 Å². The van der Waals surface area contributed by atoms with Gasteiger partial charge in [-0.1, -0.05) is 25.1 Å². The molecule has 21 heavy (non-hydrogen) atoms. The first-order valence-corrected chi connectivity index (χ1v) is 7.99. The van der Waals surface area contributed by atoms with Gasteiger partial charge in [-0.05, 0) is 52.8 Å². The summed E-state index contributed by atoms with van der Waals surface area (Å²) in [4.78, 5) is 2.48. The first kappa shape index (κ1) is 16.3. The number of nitrogens with one attached hydrogen (secondary N) is 1. The predicted molar refractivity (Wildman–Crippen MR) is 90.0 cm³/mol. The van der Waals surface area contributed by atoms with Gasteiger partial charge in [0.1, 0.15) is 0 Å². The number of para-hydroxylation sites is 1. The predicted octanol–water partition coefficient (Wildman–Crippen LogP) is 3.75. The minimum atomic E-state index is -0.129. The van der Waals surface area contributed by atoms with Crippen molar-refractivity contribution in [2.45, 2.75) is 58.3 Å². The van der Waals surface area contributed by atoms with E-state index in [0.29, 0.717) is 6.04 Å². The van der Waals surface area contributed by atoms with Gasteiger partial charge in [0.25, 0.3) is 0 Å². The Kier molecular flexibility index (Phi) is 4.64. The molecule has 0 spiro atoms. The third-order valence-corrected chi connectivity index (χ3v) is 4.11. The molecule has 1 aromatic carbocycles. The van der Waals surface area contributed by atoms with Crippen molar-refractivity contribution in [3.05, 3.63) is 29.8 Å². The van der Waals surface area contributed by atoms with Gasteiger partial charge in [-0.3, -0.25) is 0 Å². The fraction of sp³-hybridized carbons (Fsp3) is 0.667. The van der Waals surface area contributed by atoms with E-state index in [9.17, 15) is 0 Å². The lowest BCUT2D eigenvalue weighted by molar-refractivity contribution is -0.133. The molecule has 1 saturated heterocycles. The van der Waals surface area contributed by atoms with E-state index >= 15 is 0 Å². The molecule has 3 nitrogen and oxygen atoms in total. The number of nitrogens with zero attached hydrogens (tertiary/aromatic N) is 1. The lowest BCUT2D eigenvalue weighted by atomic mass is 9.95. The monoisotopic (exact) mass is 290 g/mol. The second kappa shape index (κ2) is 5.98. The second-order valence-corrected chi connectivity index (χ2v) is 7.29. The Hall–Kier alpha value is -1.06. The molecule has 1 aromatic rings. The largest absolute Gasteiger partial charge is 0.366 e. The lowest BCUT2D eigenvalue weighted by Gasteiger charge is -2.48. The topological polar surface area (TPSA) is 24.5 Å². The molecule has 1 aliphatic rings. The fourth-order valence-corrected chi connectivity index (χ4v) is 3.61. The van der Waals surface area contributed by atoms with Crippen molar-refractivity contribution in [3.8, 4) is 0 Å². The number of ether oxygens (including phenoxy) is 1. The third-order valence-electron chi connectivity index (χ3n) is 4.11. The van der Waals surface area contributed by atoms with Crippen molar-refractivity contribution in [2.75, 3.05) is 25.0 Å². The minimum absolute atomic E-state index is 0.129. The van der Waals surface area contributed by atoms with Crippen LogP contribution in [-0.2, 0) is 4.74 Å². The molecule has 118 valence electrons. The zero-order valence-corrected chi connectivity index (χ0v) is 14.4. The van der Waals surface area contributed by atoms with Crippen molar-refractivity contribution < 1.29 is 4.74 Å². The summed E-state index contributed by atoms with van der Waals surface area (Å²) in [6.45, 7) is 12.8. The van der Waals surface area contributed by atoms with Gasteiger partial charge in [-0.2, -0.15) is 0 Å². The summed E-state index contributed by atoms with van der Waals surface area (Å²) in [6, 6.07) is 9.16. The van der Waals surface area contributed by atoms with Gasteiger partial charge >= 0.3 is 0 Å². The highest BCUT2D eigenvalue weighted by molar-refractivity contribution is 5.56. The smallest absolute Gasteiger partial charge is 0.0808 e. The van der Waals surface area contributed by atoms with E-state index in [0.717, 1.165) is 19.5 Å². The quantitative estimate of drug-likeness (QED) is 0.914. The summed E-state index contributed by atoms with van der Waals surface area (Å²) < 4.78 is 6.21. The molecule has 0 amide bonds. The maximum Gasteiger partial charge on any atom is 0.0808 e. The molecule has 1 N–H and O–H groups in total. The van der Waals surface area contributed by atoms with Crippen molar-refractivity contribution >= 4 is 5.69 Å².